The van der Waals surface area contributed by atoms with Crippen LogP contribution in [0.4, 0.5) is 0 Å². The topological polar surface area (TPSA) is 30.5 Å². The summed E-state index contributed by atoms with van der Waals surface area (Å²) in [7, 11) is 1.99. The lowest BCUT2D eigenvalue weighted by molar-refractivity contribution is 0.172. The van der Waals surface area contributed by atoms with Crippen LogP contribution in [0.3, 0.4) is 0 Å². The molecule has 18 heavy (non-hydrogen) atoms. The van der Waals surface area contributed by atoms with Crippen LogP contribution in [0.5, 0.6) is 11.5 Å². The number of nitrogens with one attached hydrogen (secondary N) is 1. The molecule has 0 aliphatic carbocycles. The second kappa shape index (κ2) is 4.78. The number of hydrogen-bond donors (Lipinski definition) is 1. The molecule has 96 valence electrons. The second-order valence-corrected chi connectivity index (χ2v) is 5.52. The monoisotopic (exact) mass is 263 g/mol. The maximum atomic E-state index is 5.66. The highest BCUT2D eigenvalue weighted by molar-refractivity contribution is 7.19. The molecule has 3 nitrogen and oxygen atoms in total. The zero-order valence-electron chi connectivity index (χ0n) is 10.7. The molecule has 0 saturated heterocycles. The van der Waals surface area contributed by atoms with Crippen molar-refractivity contribution in [1.82, 2.24) is 5.32 Å². The largest absolute Gasteiger partial charge is 0.486 e. The van der Waals surface area contributed by atoms with Crippen molar-refractivity contribution >= 4 is 21.4 Å². The minimum Gasteiger partial charge on any atom is -0.486 e. The molecular weight excluding hydrogens is 246 g/mol. The van der Waals surface area contributed by atoms with Gasteiger partial charge in [-0.2, -0.15) is 0 Å². The molecule has 1 aromatic carbocycles. The average molecular weight is 263 g/mol. The molecule has 0 spiro atoms. The third-order valence-electron chi connectivity index (χ3n) is 3.23. The van der Waals surface area contributed by atoms with Gasteiger partial charge in [0.2, 0.25) is 0 Å². The highest BCUT2D eigenvalue weighted by Crippen LogP contribution is 2.40. The summed E-state index contributed by atoms with van der Waals surface area (Å²) in [5.74, 6) is 1.77. The first kappa shape index (κ1) is 11.8. The molecule has 3 rings (SSSR count). The van der Waals surface area contributed by atoms with Crippen molar-refractivity contribution in [2.75, 3.05) is 20.3 Å². The quantitative estimate of drug-likeness (QED) is 0.923. The Labute approximate surface area is 111 Å². The summed E-state index contributed by atoms with van der Waals surface area (Å²) in [5.41, 5.74) is 1.43. The maximum absolute atomic E-state index is 5.66. The Morgan fingerprint density at radius 2 is 1.94 bits per heavy atom. The van der Waals surface area contributed by atoms with Crippen molar-refractivity contribution in [3.63, 3.8) is 0 Å². The molecule has 1 aromatic heterocycles. The van der Waals surface area contributed by atoms with Crippen LogP contribution >= 0.6 is 11.3 Å². The van der Waals surface area contributed by atoms with E-state index in [-0.39, 0.29) is 0 Å². The van der Waals surface area contributed by atoms with Crippen LogP contribution in [0.2, 0.25) is 0 Å². The second-order valence-electron chi connectivity index (χ2n) is 4.38. The molecule has 0 amide bonds. The van der Waals surface area contributed by atoms with E-state index >= 15 is 0 Å². The molecule has 0 saturated carbocycles. The lowest BCUT2D eigenvalue weighted by atomic mass is 10.1. The maximum Gasteiger partial charge on any atom is 0.162 e. The van der Waals surface area contributed by atoms with Gasteiger partial charge >= 0.3 is 0 Å². The minimum absolute atomic E-state index is 0.646. The van der Waals surface area contributed by atoms with Crippen LogP contribution in [0.1, 0.15) is 17.4 Å². The van der Waals surface area contributed by atoms with Gasteiger partial charge in [-0.15, -0.1) is 11.3 Å². The van der Waals surface area contributed by atoms with E-state index in [2.05, 4.69) is 24.4 Å². The van der Waals surface area contributed by atoms with E-state index in [0.717, 1.165) is 24.5 Å². The molecule has 1 aliphatic rings. The van der Waals surface area contributed by atoms with Gasteiger partial charge in [0.05, 0.1) is 0 Å². The smallest absolute Gasteiger partial charge is 0.162 e. The third-order valence-corrected chi connectivity index (χ3v) is 4.42. The van der Waals surface area contributed by atoms with Gasteiger partial charge in [0.15, 0.2) is 11.5 Å². The fourth-order valence-electron chi connectivity index (χ4n) is 2.43. The molecule has 0 fully saturated rings. The highest BCUT2D eigenvalue weighted by atomic mass is 32.1. The van der Waals surface area contributed by atoms with Crippen molar-refractivity contribution in [3.05, 3.63) is 22.6 Å². The zero-order valence-corrected chi connectivity index (χ0v) is 11.5. The van der Waals surface area contributed by atoms with Crippen molar-refractivity contribution in [3.8, 4) is 11.5 Å². The molecule has 1 aliphatic heterocycles. The van der Waals surface area contributed by atoms with Gasteiger partial charge in [-0.25, -0.2) is 0 Å². The predicted molar refractivity (Wildman–Crippen MR) is 75.0 cm³/mol. The van der Waals surface area contributed by atoms with E-state index < -0.39 is 0 Å². The van der Waals surface area contributed by atoms with Gasteiger partial charge in [0.25, 0.3) is 0 Å². The number of benzene rings is 1. The normalized spacial score (nSPS) is 14.1. The fourth-order valence-corrected chi connectivity index (χ4v) is 3.74. The molecule has 0 unspecified atom stereocenters. The predicted octanol–water partition coefficient (Wildman–Crippen LogP) is 2.95. The summed E-state index contributed by atoms with van der Waals surface area (Å²) in [6.07, 6.45) is 1.05. The third kappa shape index (κ3) is 1.85. The Morgan fingerprint density at radius 3 is 2.61 bits per heavy atom. The highest BCUT2D eigenvalue weighted by Gasteiger charge is 2.17. The Kier molecular flexibility index (Phi) is 3.14. The van der Waals surface area contributed by atoms with Crippen molar-refractivity contribution in [2.45, 2.75) is 19.9 Å². The van der Waals surface area contributed by atoms with Crippen LogP contribution in [-0.4, -0.2) is 20.3 Å². The summed E-state index contributed by atoms with van der Waals surface area (Å²) in [5, 5.41) is 4.55. The number of ether oxygens (including phenoxy) is 2. The minimum atomic E-state index is 0.646. The fraction of sp³-hybridized carbons (Fsp3) is 0.429. The Morgan fingerprint density at radius 1 is 1.22 bits per heavy atom. The van der Waals surface area contributed by atoms with E-state index in [0.29, 0.717) is 13.2 Å². The van der Waals surface area contributed by atoms with Gasteiger partial charge in [-0.1, -0.05) is 6.92 Å². The molecule has 0 atom stereocenters. The molecule has 1 N–H and O–H groups in total. The molecule has 0 bridgehead atoms. The molecule has 2 heterocycles. The summed E-state index contributed by atoms with van der Waals surface area (Å²) < 4.78 is 12.6. The Balaban J connectivity index is 2.17. The summed E-state index contributed by atoms with van der Waals surface area (Å²) in [6.45, 7) is 4.42. The van der Waals surface area contributed by atoms with Gasteiger partial charge in [0, 0.05) is 22.2 Å². The summed E-state index contributed by atoms with van der Waals surface area (Å²) in [4.78, 5) is 1.41. The first-order chi connectivity index (χ1) is 8.83. The van der Waals surface area contributed by atoms with Gasteiger partial charge in [-0.3, -0.25) is 0 Å². The van der Waals surface area contributed by atoms with Crippen molar-refractivity contribution in [2.24, 2.45) is 0 Å². The molecule has 4 heteroatoms. The van der Waals surface area contributed by atoms with Crippen molar-refractivity contribution in [1.29, 1.82) is 0 Å². The molecular formula is C14H17NO2S. The van der Waals surface area contributed by atoms with Gasteiger partial charge < -0.3 is 14.8 Å². The average Bonchev–Trinajstić information content (AvgIpc) is 2.72. The van der Waals surface area contributed by atoms with Crippen LogP contribution in [-0.2, 0) is 13.0 Å². The lowest BCUT2D eigenvalue weighted by Gasteiger charge is -2.18. The van der Waals surface area contributed by atoms with Gasteiger partial charge in [0.1, 0.15) is 13.2 Å². The number of thiophene rings is 1. The number of rotatable bonds is 3. The van der Waals surface area contributed by atoms with Gasteiger partial charge in [-0.05, 0) is 30.5 Å². The number of fused-ring (bicyclic) bond motifs is 2. The molecule has 0 radical (unpaired) electrons. The first-order valence-electron chi connectivity index (χ1n) is 6.32. The number of aryl methyl sites for hydroxylation is 1. The zero-order chi connectivity index (χ0) is 12.5. The summed E-state index contributed by atoms with van der Waals surface area (Å²) in [6, 6.07) is 4.26. The van der Waals surface area contributed by atoms with E-state index in [4.69, 9.17) is 9.47 Å². The van der Waals surface area contributed by atoms with Crippen molar-refractivity contribution < 1.29 is 9.47 Å². The van der Waals surface area contributed by atoms with E-state index in [1.54, 1.807) is 0 Å². The Hall–Kier alpha value is -1.26. The summed E-state index contributed by atoms with van der Waals surface area (Å²) >= 11 is 1.85. The SMILES string of the molecule is CCc1c(CNC)sc2cc3c(cc12)OCCO3. The lowest BCUT2D eigenvalue weighted by Crippen LogP contribution is -2.15. The van der Waals surface area contributed by atoms with E-state index in [1.165, 1.54) is 20.5 Å². The number of hydrogen-bond acceptors (Lipinski definition) is 4. The van der Waals surface area contributed by atoms with Crippen LogP contribution in [0.25, 0.3) is 10.1 Å². The first-order valence-corrected chi connectivity index (χ1v) is 7.13. The van der Waals surface area contributed by atoms with E-state index in [9.17, 15) is 0 Å². The van der Waals surface area contributed by atoms with Crippen LogP contribution in [0.15, 0.2) is 12.1 Å². The Bertz CT molecular complexity index is 577. The van der Waals surface area contributed by atoms with Crippen LogP contribution in [0, 0.1) is 0 Å². The van der Waals surface area contributed by atoms with Crippen LogP contribution < -0.4 is 14.8 Å². The van der Waals surface area contributed by atoms with E-state index in [1.807, 2.05) is 18.4 Å². The standard InChI is InChI=1S/C14H17NO2S/c1-3-9-10-6-11-12(17-5-4-16-11)7-13(10)18-14(9)8-15-2/h6-7,15H,3-5,8H2,1-2H3. The molecule has 2 aromatic rings.